The van der Waals surface area contributed by atoms with Gasteiger partial charge in [0.1, 0.15) is 5.58 Å². The zero-order valence-corrected chi connectivity index (χ0v) is 11.7. The molecule has 2 unspecified atom stereocenters. The van der Waals surface area contributed by atoms with Crippen LogP contribution in [-0.4, -0.2) is 31.6 Å². The number of nitrogens with zero attached hydrogens (tertiary/aromatic N) is 1. The summed E-state index contributed by atoms with van der Waals surface area (Å²) >= 11 is 0. The molecule has 1 aliphatic rings. The van der Waals surface area contributed by atoms with Gasteiger partial charge in [-0.2, -0.15) is 0 Å². The second-order valence-electron chi connectivity index (χ2n) is 5.70. The Morgan fingerprint density at radius 2 is 2.21 bits per heavy atom. The molecule has 0 saturated carbocycles. The van der Waals surface area contributed by atoms with Crippen LogP contribution in [0.2, 0.25) is 0 Å². The molecule has 0 bridgehead atoms. The van der Waals surface area contributed by atoms with Crippen molar-refractivity contribution in [3.8, 4) is 0 Å². The summed E-state index contributed by atoms with van der Waals surface area (Å²) in [7, 11) is 4.31. The molecule has 0 aliphatic carbocycles. The molecule has 1 saturated heterocycles. The highest BCUT2D eigenvalue weighted by molar-refractivity contribution is 5.81. The Labute approximate surface area is 114 Å². The molecule has 3 rings (SSSR count). The molecule has 102 valence electrons. The van der Waals surface area contributed by atoms with E-state index in [1.54, 1.807) is 0 Å². The van der Waals surface area contributed by atoms with Crippen molar-refractivity contribution < 1.29 is 4.42 Å². The highest BCUT2D eigenvalue weighted by Gasteiger charge is 2.24. The minimum Gasteiger partial charge on any atom is -0.464 e. The zero-order valence-electron chi connectivity index (χ0n) is 11.7. The van der Waals surface area contributed by atoms with Gasteiger partial charge < -0.3 is 14.6 Å². The second kappa shape index (κ2) is 5.35. The number of hydrogen-bond donors (Lipinski definition) is 1. The van der Waals surface area contributed by atoms with Crippen molar-refractivity contribution in [2.75, 3.05) is 20.6 Å². The molecule has 0 amide bonds. The van der Waals surface area contributed by atoms with Crippen molar-refractivity contribution in [3.63, 3.8) is 0 Å². The van der Waals surface area contributed by atoms with E-state index in [-0.39, 0.29) is 0 Å². The summed E-state index contributed by atoms with van der Waals surface area (Å²) in [6.45, 7) is 1.16. The predicted molar refractivity (Wildman–Crippen MR) is 78.3 cm³/mol. The van der Waals surface area contributed by atoms with Gasteiger partial charge in [-0.15, -0.1) is 0 Å². The van der Waals surface area contributed by atoms with E-state index in [4.69, 9.17) is 4.42 Å². The van der Waals surface area contributed by atoms with Crippen LogP contribution in [0.15, 0.2) is 34.9 Å². The van der Waals surface area contributed by atoms with Crippen molar-refractivity contribution in [1.29, 1.82) is 0 Å². The van der Waals surface area contributed by atoms with Gasteiger partial charge in [-0.25, -0.2) is 0 Å². The summed E-state index contributed by atoms with van der Waals surface area (Å²) in [6.07, 6.45) is 5.68. The quantitative estimate of drug-likeness (QED) is 0.913. The SMILES string of the molecule is CN(C)C(CC1CCCN1)c1coc2ccccc12. The van der Waals surface area contributed by atoms with Crippen LogP contribution >= 0.6 is 0 Å². The minimum absolute atomic E-state index is 0.416. The second-order valence-corrected chi connectivity index (χ2v) is 5.70. The summed E-state index contributed by atoms with van der Waals surface area (Å²) in [6, 6.07) is 9.37. The van der Waals surface area contributed by atoms with Crippen LogP contribution < -0.4 is 5.32 Å². The molecule has 2 aromatic rings. The van der Waals surface area contributed by atoms with Crippen LogP contribution in [0.1, 0.15) is 30.9 Å². The summed E-state index contributed by atoms with van der Waals surface area (Å²) in [5.41, 5.74) is 2.30. The molecule has 1 aromatic carbocycles. The maximum absolute atomic E-state index is 5.70. The fraction of sp³-hybridized carbons (Fsp3) is 0.500. The largest absolute Gasteiger partial charge is 0.464 e. The Morgan fingerprint density at radius 3 is 2.95 bits per heavy atom. The van der Waals surface area contributed by atoms with Gasteiger partial charge in [0, 0.05) is 23.0 Å². The van der Waals surface area contributed by atoms with Crippen LogP contribution in [0.5, 0.6) is 0 Å². The smallest absolute Gasteiger partial charge is 0.134 e. The number of furan rings is 1. The molecule has 0 spiro atoms. The van der Waals surface area contributed by atoms with E-state index >= 15 is 0 Å². The third-order valence-electron chi connectivity index (χ3n) is 4.16. The van der Waals surface area contributed by atoms with Gasteiger partial charge in [-0.1, -0.05) is 18.2 Å². The van der Waals surface area contributed by atoms with Gasteiger partial charge in [0.05, 0.1) is 6.26 Å². The highest BCUT2D eigenvalue weighted by Crippen LogP contribution is 2.32. The topological polar surface area (TPSA) is 28.4 Å². The standard InChI is InChI=1S/C16H22N2O/c1-18(2)15(10-12-6-5-9-17-12)14-11-19-16-8-4-3-7-13(14)16/h3-4,7-8,11-12,15,17H,5-6,9-10H2,1-2H3. The molecule has 19 heavy (non-hydrogen) atoms. The Balaban J connectivity index is 1.90. The van der Waals surface area contributed by atoms with E-state index < -0.39 is 0 Å². The lowest BCUT2D eigenvalue weighted by Crippen LogP contribution is -2.29. The summed E-state index contributed by atoms with van der Waals surface area (Å²) in [5.74, 6) is 0. The molecule has 1 fully saturated rings. The molecule has 3 nitrogen and oxygen atoms in total. The maximum atomic E-state index is 5.70. The van der Waals surface area contributed by atoms with E-state index in [2.05, 4.69) is 36.4 Å². The van der Waals surface area contributed by atoms with Gasteiger partial charge in [0.2, 0.25) is 0 Å². The molecule has 1 aliphatic heterocycles. The minimum atomic E-state index is 0.416. The van der Waals surface area contributed by atoms with E-state index in [1.807, 2.05) is 18.4 Å². The van der Waals surface area contributed by atoms with E-state index in [1.165, 1.54) is 23.8 Å². The summed E-state index contributed by atoms with van der Waals surface area (Å²) in [4.78, 5) is 2.30. The van der Waals surface area contributed by atoms with Crippen molar-refractivity contribution in [2.45, 2.75) is 31.3 Å². The number of rotatable bonds is 4. The van der Waals surface area contributed by atoms with Crippen LogP contribution in [0.25, 0.3) is 11.0 Å². The van der Waals surface area contributed by atoms with Crippen LogP contribution in [-0.2, 0) is 0 Å². The molecule has 1 aromatic heterocycles. The molecule has 3 heteroatoms. The lowest BCUT2D eigenvalue weighted by atomic mass is 9.97. The lowest BCUT2D eigenvalue weighted by molar-refractivity contribution is 0.263. The van der Waals surface area contributed by atoms with Gasteiger partial charge in [-0.05, 0) is 46.0 Å². The highest BCUT2D eigenvalue weighted by atomic mass is 16.3. The molecule has 2 atom stereocenters. The molecule has 2 heterocycles. The zero-order chi connectivity index (χ0) is 13.2. The van der Waals surface area contributed by atoms with Crippen LogP contribution in [0.3, 0.4) is 0 Å². The number of fused-ring (bicyclic) bond motifs is 1. The Bertz CT molecular complexity index is 540. The molecular weight excluding hydrogens is 236 g/mol. The molecule has 1 N–H and O–H groups in total. The number of hydrogen-bond acceptors (Lipinski definition) is 3. The fourth-order valence-corrected chi connectivity index (χ4v) is 3.10. The van der Waals surface area contributed by atoms with Crippen molar-refractivity contribution >= 4 is 11.0 Å². The third kappa shape index (κ3) is 2.53. The van der Waals surface area contributed by atoms with E-state index in [9.17, 15) is 0 Å². The Morgan fingerprint density at radius 1 is 1.37 bits per heavy atom. The first-order valence-electron chi connectivity index (χ1n) is 7.11. The van der Waals surface area contributed by atoms with Crippen LogP contribution in [0, 0.1) is 0 Å². The predicted octanol–water partition coefficient (Wildman–Crippen LogP) is 3.18. The first-order valence-corrected chi connectivity index (χ1v) is 7.11. The number of para-hydroxylation sites is 1. The summed E-state index contributed by atoms with van der Waals surface area (Å²) in [5, 5.41) is 4.84. The number of nitrogens with one attached hydrogen (secondary N) is 1. The van der Waals surface area contributed by atoms with Gasteiger partial charge in [0.15, 0.2) is 0 Å². The molecule has 0 radical (unpaired) electrons. The Hall–Kier alpha value is -1.32. The van der Waals surface area contributed by atoms with Crippen molar-refractivity contribution in [3.05, 3.63) is 36.1 Å². The van der Waals surface area contributed by atoms with Gasteiger partial charge in [0.25, 0.3) is 0 Å². The van der Waals surface area contributed by atoms with E-state index in [0.29, 0.717) is 12.1 Å². The van der Waals surface area contributed by atoms with Crippen molar-refractivity contribution in [1.82, 2.24) is 10.2 Å². The average molecular weight is 258 g/mol. The fourth-order valence-electron chi connectivity index (χ4n) is 3.10. The Kier molecular flexibility index (Phi) is 3.58. The normalized spacial score (nSPS) is 21.3. The first-order chi connectivity index (χ1) is 9.25. The maximum Gasteiger partial charge on any atom is 0.134 e. The van der Waals surface area contributed by atoms with Gasteiger partial charge in [-0.3, -0.25) is 0 Å². The summed E-state index contributed by atoms with van der Waals surface area (Å²) < 4.78 is 5.70. The van der Waals surface area contributed by atoms with E-state index in [0.717, 1.165) is 18.5 Å². The first kappa shape index (κ1) is 12.7. The monoisotopic (exact) mass is 258 g/mol. The average Bonchev–Trinajstić information content (AvgIpc) is 3.05. The van der Waals surface area contributed by atoms with Crippen LogP contribution in [0.4, 0.5) is 0 Å². The number of benzene rings is 1. The van der Waals surface area contributed by atoms with Gasteiger partial charge >= 0.3 is 0 Å². The third-order valence-corrected chi connectivity index (χ3v) is 4.16. The molecular formula is C16H22N2O. The van der Waals surface area contributed by atoms with Crippen molar-refractivity contribution in [2.24, 2.45) is 0 Å². The lowest BCUT2D eigenvalue weighted by Gasteiger charge is -2.26.